The largest absolute Gasteiger partial charge is 0.206 e. The molecule has 0 atom stereocenters. The van der Waals surface area contributed by atoms with Crippen molar-refractivity contribution in [1.82, 2.24) is 0 Å². The number of nitriles is 1. The van der Waals surface area contributed by atoms with Crippen LogP contribution in [-0.2, 0) is 0 Å². The van der Waals surface area contributed by atoms with Gasteiger partial charge in [-0.25, -0.2) is 8.78 Å². The van der Waals surface area contributed by atoms with Gasteiger partial charge in [-0.2, -0.15) is 5.26 Å². The van der Waals surface area contributed by atoms with Crippen LogP contribution >= 0.6 is 0 Å². The molecule has 3 heteroatoms. The van der Waals surface area contributed by atoms with Crippen LogP contribution in [0.25, 0.3) is 0 Å². The summed E-state index contributed by atoms with van der Waals surface area (Å²) in [6, 6.07) is 11.5. The average Bonchev–Trinajstić information content (AvgIpc) is 2.72. The zero-order valence-corrected chi connectivity index (χ0v) is 15.8. The van der Waals surface area contributed by atoms with Gasteiger partial charge in [0.05, 0.1) is 17.2 Å². The first kappa shape index (κ1) is 19.8. The molecule has 142 valence electrons. The molecule has 0 amide bonds. The van der Waals surface area contributed by atoms with Gasteiger partial charge in [0.2, 0.25) is 0 Å². The van der Waals surface area contributed by atoms with Crippen LogP contribution in [0.3, 0.4) is 0 Å². The second kappa shape index (κ2) is 9.34. The Balaban J connectivity index is 1.72. The monoisotopic (exact) mass is 375 g/mol. The highest BCUT2D eigenvalue weighted by Gasteiger charge is 2.23. The summed E-state index contributed by atoms with van der Waals surface area (Å²) in [6.45, 7) is 3.77. The molecule has 1 nitrogen and oxygen atoms in total. The lowest BCUT2D eigenvalue weighted by atomic mass is 9.77. The molecule has 2 aromatic carbocycles. The first-order chi connectivity index (χ1) is 13.6. The Morgan fingerprint density at radius 2 is 1.57 bits per heavy atom. The van der Waals surface area contributed by atoms with Crippen molar-refractivity contribution >= 4 is 0 Å². The Labute approximate surface area is 165 Å². The van der Waals surface area contributed by atoms with Gasteiger partial charge in [-0.1, -0.05) is 17.9 Å². The van der Waals surface area contributed by atoms with Crippen LogP contribution in [0, 0.1) is 40.7 Å². The summed E-state index contributed by atoms with van der Waals surface area (Å²) in [4.78, 5) is 0. The summed E-state index contributed by atoms with van der Waals surface area (Å²) >= 11 is 0. The van der Waals surface area contributed by atoms with E-state index < -0.39 is 11.6 Å². The molecule has 0 unspecified atom stereocenters. The Kier molecular flexibility index (Phi) is 6.62. The lowest BCUT2D eigenvalue weighted by molar-refractivity contribution is 0.311. The molecule has 28 heavy (non-hydrogen) atoms. The molecule has 0 radical (unpaired) electrons. The van der Waals surface area contributed by atoms with Crippen LogP contribution in [0.4, 0.5) is 8.78 Å². The lowest BCUT2D eigenvalue weighted by Crippen LogP contribution is -2.14. The molecule has 0 saturated heterocycles. The zero-order chi connectivity index (χ0) is 19.9. The molecule has 2 aromatic rings. The van der Waals surface area contributed by atoms with E-state index in [1.165, 1.54) is 12.1 Å². The Bertz CT molecular complexity index is 910. The molecule has 0 bridgehead atoms. The molecule has 1 fully saturated rings. The number of benzene rings is 2. The third kappa shape index (κ3) is 4.87. The summed E-state index contributed by atoms with van der Waals surface area (Å²) < 4.78 is 29.1. The number of hydrogen-bond donors (Lipinski definition) is 0. The third-order valence-corrected chi connectivity index (χ3v) is 5.51. The molecule has 1 aliphatic rings. The van der Waals surface area contributed by atoms with E-state index in [1.807, 2.05) is 12.1 Å². The normalized spacial score (nSPS) is 18.6. The van der Waals surface area contributed by atoms with Crippen molar-refractivity contribution in [2.24, 2.45) is 5.92 Å². The maximum atomic E-state index is 14.5. The molecule has 0 heterocycles. The summed E-state index contributed by atoms with van der Waals surface area (Å²) in [7, 11) is 0. The van der Waals surface area contributed by atoms with Crippen molar-refractivity contribution in [1.29, 1.82) is 5.26 Å². The molecule has 0 aromatic heterocycles. The summed E-state index contributed by atoms with van der Waals surface area (Å²) in [5.74, 6) is 5.07. The number of hydrogen-bond acceptors (Lipinski definition) is 1. The van der Waals surface area contributed by atoms with E-state index in [2.05, 4.69) is 18.4 Å². The van der Waals surface area contributed by atoms with E-state index in [1.54, 1.807) is 24.3 Å². The Hall–Kier alpha value is -2.91. The van der Waals surface area contributed by atoms with E-state index in [0.717, 1.165) is 44.1 Å². The predicted octanol–water partition coefficient (Wildman–Crippen LogP) is 6.48. The van der Waals surface area contributed by atoms with Gasteiger partial charge in [0.1, 0.15) is 11.6 Å². The maximum absolute atomic E-state index is 14.5. The predicted molar refractivity (Wildman–Crippen MR) is 108 cm³/mol. The number of nitrogens with zero attached hydrogens (tertiary/aromatic N) is 1. The number of halogens is 2. The van der Waals surface area contributed by atoms with Gasteiger partial charge in [0.15, 0.2) is 0 Å². The second-order valence-electron chi connectivity index (χ2n) is 7.38. The molecule has 1 aliphatic carbocycles. The summed E-state index contributed by atoms with van der Waals surface area (Å²) in [6.07, 6.45) is 8.28. The highest BCUT2D eigenvalue weighted by Crippen LogP contribution is 2.38. The van der Waals surface area contributed by atoms with E-state index in [9.17, 15) is 8.78 Å². The topological polar surface area (TPSA) is 23.8 Å². The van der Waals surface area contributed by atoms with Crippen LogP contribution < -0.4 is 0 Å². The first-order valence-corrected chi connectivity index (χ1v) is 9.72. The van der Waals surface area contributed by atoms with Gasteiger partial charge >= 0.3 is 0 Å². The minimum Gasteiger partial charge on any atom is -0.206 e. The van der Waals surface area contributed by atoms with Gasteiger partial charge in [-0.05, 0) is 92.3 Å². The Morgan fingerprint density at radius 1 is 0.964 bits per heavy atom. The van der Waals surface area contributed by atoms with Gasteiger partial charge in [0, 0.05) is 5.56 Å². The Morgan fingerprint density at radius 3 is 2.14 bits per heavy atom. The second-order valence-corrected chi connectivity index (χ2v) is 7.38. The van der Waals surface area contributed by atoms with Crippen molar-refractivity contribution in [3.05, 3.63) is 82.9 Å². The first-order valence-electron chi connectivity index (χ1n) is 9.72. The van der Waals surface area contributed by atoms with Crippen LogP contribution in [0.15, 0.2) is 49.1 Å². The van der Waals surface area contributed by atoms with Crippen molar-refractivity contribution in [2.75, 3.05) is 0 Å². The van der Waals surface area contributed by atoms with Crippen molar-refractivity contribution in [3.63, 3.8) is 0 Å². The fourth-order valence-corrected chi connectivity index (χ4v) is 3.85. The SMILES string of the molecule is C=CCCC1CCC(c2cc(F)c(C#Cc3ccc(C#N)cc3)c(F)c2)CC1. The molecule has 0 N–H and O–H groups in total. The van der Waals surface area contributed by atoms with Crippen molar-refractivity contribution in [3.8, 4) is 17.9 Å². The fourth-order valence-electron chi connectivity index (χ4n) is 3.85. The van der Waals surface area contributed by atoms with Crippen molar-refractivity contribution < 1.29 is 8.78 Å². The summed E-state index contributed by atoms with van der Waals surface area (Å²) in [5, 5.41) is 8.81. The standard InChI is InChI=1S/C25H23F2N/c1-2-3-4-18-9-12-21(13-10-18)22-15-24(26)23(25(27)16-22)14-11-19-5-7-20(17-28)8-6-19/h2,5-8,15-16,18,21H,1,3-4,9-10,12-13H2. The fraction of sp³-hybridized carbons (Fsp3) is 0.320. The molecule has 3 rings (SSSR count). The van der Waals surface area contributed by atoms with E-state index in [4.69, 9.17) is 5.26 Å². The van der Waals surface area contributed by atoms with Gasteiger partial charge in [0.25, 0.3) is 0 Å². The van der Waals surface area contributed by atoms with Crippen LogP contribution in [0.2, 0.25) is 0 Å². The van der Waals surface area contributed by atoms with Gasteiger partial charge in [-0.15, -0.1) is 6.58 Å². The summed E-state index contributed by atoms with van der Waals surface area (Å²) in [5.41, 5.74) is 1.67. The quantitative estimate of drug-likeness (QED) is 0.443. The molecule has 0 spiro atoms. The van der Waals surface area contributed by atoms with Crippen LogP contribution in [-0.4, -0.2) is 0 Å². The van der Waals surface area contributed by atoms with E-state index in [-0.39, 0.29) is 11.5 Å². The van der Waals surface area contributed by atoms with Crippen molar-refractivity contribution in [2.45, 2.75) is 44.4 Å². The highest BCUT2D eigenvalue weighted by atomic mass is 19.1. The van der Waals surface area contributed by atoms with Gasteiger partial charge < -0.3 is 0 Å². The minimum absolute atomic E-state index is 0.201. The number of allylic oxidation sites excluding steroid dienone is 1. The molecular formula is C25H23F2N. The third-order valence-electron chi connectivity index (χ3n) is 5.51. The zero-order valence-electron chi connectivity index (χ0n) is 15.8. The average molecular weight is 375 g/mol. The maximum Gasteiger partial charge on any atom is 0.142 e. The van der Waals surface area contributed by atoms with E-state index in [0.29, 0.717) is 17.0 Å². The minimum atomic E-state index is -0.607. The molecule has 0 aliphatic heterocycles. The highest BCUT2D eigenvalue weighted by molar-refractivity contribution is 5.46. The van der Waals surface area contributed by atoms with Gasteiger partial charge in [-0.3, -0.25) is 0 Å². The van der Waals surface area contributed by atoms with E-state index >= 15 is 0 Å². The van der Waals surface area contributed by atoms with Crippen LogP contribution in [0.1, 0.15) is 66.7 Å². The van der Waals surface area contributed by atoms with Crippen LogP contribution in [0.5, 0.6) is 0 Å². The smallest absolute Gasteiger partial charge is 0.142 e. The lowest BCUT2D eigenvalue weighted by Gasteiger charge is -2.28. The molecular weight excluding hydrogens is 352 g/mol. The number of rotatable bonds is 4. The molecule has 1 saturated carbocycles.